The minimum absolute atomic E-state index is 0.432. The minimum Gasteiger partial charge on any atom is -0.366 e. The van der Waals surface area contributed by atoms with Gasteiger partial charge in [0.15, 0.2) is 0 Å². The normalized spacial score (nSPS) is 11.4. The average Bonchev–Trinajstić information content (AvgIpc) is 3.13. The number of primary amides is 1. The second-order valence-corrected chi connectivity index (χ2v) is 5.83. The van der Waals surface area contributed by atoms with Crippen molar-refractivity contribution in [2.75, 3.05) is 0 Å². The van der Waals surface area contributed by atoms with Crippen molar-refractivity contribution in [3.8, 4) is 11.4 Å². The Balaban J connectivity index is 1.92. The summed E-state index contributed by atoms with van der Waals surface area (Å²) in [5.41, 5.74) is 10.4. The lowest BCUT2D eigenvalue weighted by Crippen LogP contribution is -2.10. The first-order valence-corrected chi connectivity index (χ1v) is 7.84. The second kappa shape index (κ2) is 5.19. The van der Waals surface area contributed by atoms with Crippen LogP contribution in [0.2, 0.25) is 0 Å². The van der Waals surface area contributed by atoms with E-state index in [1.165, 1.54) is 0 Å². The van der Waals surface area contributed by atoms with E-state index in [0.29, 0.717) is 5.56 Å². The molecular weight excluding hydrogens is 302 g/mol. The third-order valence-electron chi connectivity index (χ3n) is 4.21. The highest BCUT2D eigenvalue weighted by Crippen LogP contribution is 2.28. The molecule has 1 aromatic carbocycles. The smallest absolute Gasteiger partial charge is 0.248 e. The van der Waals surface area contributed by atoms with Crippen molar-refractivity contribution in [3.05, 3.63) is 47.7 Å². The number of aromatic amines is 1. The monoisotopic (exact) mass is 319 g/mol. The molecule has 24 heavy (non-hydrogen) atoms. The quantitative estimate of drug-likeness (QED) is 0.608. The number of aromatic nitrogens is 4. The highest BCUT2D eigenvalue weighted by atomic mass is 16.1. The van der Waals surface area contributed by atoms with Crippen LogP contribution in [0.5, 0.6) is 0 Å². The summed E-state index contributed by atoms with van der Waals surface area (Å²) in [6.45, 7) is 4.82. The van der Waals surface area contributed by atoms with Crippen molar-refractivity contribution in [1.82, 2.24) is 19.7 Å². The average molecular weight is 319 g/mol. The number of carbonyl (C=O) groups excluding carboxylic acids is 1. The van der Waals surface area contributed by atoms with Crippen LogP contribution in [0.1, 0.15) is 23.0 Å². The number of H-pyrrole nitrogens is 1. The zero-order valence-corrected chi connectivity index (χ0v) is 13.5. The third-order valence-corrected chi connectivity index (χ3v) is 4.21. The lowest BCUT2D eigenvalue weighted by molar-refractivity contribution is 0.100. The maximum Gasteiger partial charge on any atom is 0.248 e. The van der Waals surface area contributed by atoms with E-state index in [1.807, 2.05) is 35.9 Å². The summed E-state index contributed by atoms with van der Waals surface area (Å²) in [7, 11) is 0. The van der Waals surface area contributed by atoms with E-state index in [9.17, 15) is 4.79 Å². The van der Waals surface area contributed by atoms with Gasteiger partial charge in [0, 0.05) is 28.4 Å². The molecule has 4 rings (SSSR count). The van der Waals surface area contributed by atoms with Gasteiger partial charge in [-0.1, -0.05) is 0 Å². The van der Waals surface area contributed by atoms with Crippen molar-refractivity contribution >= 4 is 27.8 Å². The Hall–Kier alpha value is -3.15. The first kappa shape index (κ1) is 14.4. The van der Waals surface area contributed by atoms with Crippen molar-refractivity contribution in [3.63, 3.8) is 0 Å². The number of pyridine rings is 1. The van der Waals surface area contributed by atoms with Gasteiger partial charge in [-0.15, -0.1) is 0 Å². The van der Waals surface area contributed by atoms with Crippen molar-refractivity contribution in [2.45, 2.75) is 20.4 Å². The van der Waals surface area contributed by atoms with E-state index in [1.54, 1.807) is 12.1 Å². The molecule has 0 unspecified atom stereocenters. The summed E-state index contributed by atoms with van der Waals surface area (Å²) in [6, 6.07) is 11.4. The predicted octanol–water partition coefficient (Wildman–Crippen LogP) is 3.01. The number of nitrogens with one attached hydrogen (secondary N) is 1. The lowest BCUT2D eigenvalue weighted by atomic mass is 10.1. The fourth-order valence-corrected chi connectivity index (χ4v) is 3.06. The van der Waals surface area contributed by atoms with Crippen LogP contribution in [-0.2, 0) is 6.54 Å². The van der Waals surface area contributed by atoms with Gasteiger partial charge in [0.25, 0.3) is 0 Å². The first-order chi connectivity index (χ1) is 11.6. The number of hydrogen-bond acceptors (Lipinski definition) is 3. The lowest BCUT2D eigenvalue weighted by Gasteiger charge is -2.03. The maximum atomic E-state index is 11.4. The van der Waals surface area contributed by atoms with Gasteiger partial charge in [-0.05, 0) is 50.2 Å². The molecule has 0 aliphatic rings. The van der Waals surface area contributed by atoms with E-state index >= 15 is 0 Å². The van der Waals surface area contributed by atoms with Crippen LogP contribution in [0.3, 0.4) is 0 Å². The van der Waals surface area contributed by atoms with Crippen LogP contribution in [-0.4, -0.2) is 25.7 Å². The molecule has 3 aromatic heterocycles. The van der Waals surface area contributed by atoms with E-state index < -0.39 is 5.91 Å². The zero-order valence-electron chi connectivity index (χ0n) is 13.5. The Kier molecular flexibility index (Phi) is 3.13. The number of nitrogens with two attached hydrogens (primary N) is 1. The summed E-state index contributed by atoms with van der Waals surface area (Å²) in [4.78, 5) is 19.5. The molecule has 4 aromatic rings. The van der Waals surface area contributed by atoms with Crippen LogP contribution >= 0.6 is 0 Å². The summed E-state index contributed by atoms with van der Waals surface area (Å²) < 4.78 is 1.94. The van der Waals surface area contributed by atoms with Crippen LogP contribution in [0.15, 0.2) is 36.4 Å². The molecule has 120 valence electrons. The Morgan fingerprint density at radius 3 is 2.79 bits per heavy atom. The first-order valence-electron chi connectivity index (χ1n) is 7.84. The maximum absolute atomic E-state index is 11.4. The fourth-order valence-electron chi connectivity index (χ4n) is 3.06. The number of nitrogens with zero attached hydrogens (tertiary/aromatic N) is 3. The van der Waals surface area contributed by atoms with Gasteiger partial charge in [0.2, 0.25) is 5.91 Å². The number of aryl methyl sites for hydroxylation is 2. The Bertz CT molecular complexity index is 1090. The molecule has 0 bridgehead atoms. The predicted molar refractivity (Wildman–Crippen MR) is 93.7 cm³/mol. The highest BCUT2D eigenvalue weighted by molar-refractivity contribution is 6.09. The summed E-state index contributed by atoms with van der Waals surface area (Å²) in [5.74, 6) is -0.432. The Labute approximate surface area is 138 Å². The van der Waals surface area contributed by atoms with Crippen molar-refractivity contribution < 1.29 is 4.79 Å². The minimum atomic E-state index is -0.432. The van der Waals surface area contributed by atoms with Crippen LogP contribution in [0, 0.1) is 6.92 Å². The molecule has 3 N–H and O–H groups in total. The second-order valence-electron chi connectivity index (χ2n) is 5.83. The summed E-state index contributed by atoms with van der Waals surface area (Å²) in [5, 5.41) is 6.39. The van der Waals surface area contributed by atoms with E-state index in [4.69, 9.17) is 10.7 Å². The van der Waals surface area contributed by atoms with Crippen molar-refractivity contribution in [1.29, 1.82) is 0 Å². The van der Waals surface area contributed by atoms with Crippen LogP contribution < -0.4 is 5.73 Å². The van der Waals surface area contributed by atoms with E-state index in [2.05, 4.69) is 17.0 Å². The van der Waals surface area contributed by atoms with Gasteiger partial charge >= 0.3 is 0 Å². The molecule has 0 spiro atoms. The number of rotatable bonds is 3. The van der Waals surface area contributed by atoms with Gasteiger partial charge in [-0.25, -0.2) is 4.98 Å². The molecular formula is C18H17N5O. The van der Waals surface area contributed by atoms with Gasteiger partial charge in [0.1, 0.15) is 5.65 Å². The standard InChI is InChI=1S/C18H17N5O/c1-3-23-16(8-10(2)22-23)15-7-5-12-13-9-11(17(19)24)4-6-14(13)20-18(12)21-15/h4-9H,3H2,1-2H3,(H2,19,24)(H,20,21). The Morgan fingerprint density at radius 2 is 2.04 bits per heavy atom. The number of hydrogen-bond donors (Lipinski definition) is 2. The van der Waals surface area contributed by atoms with Crippen LogP contribution in [0.25, 0.3) is 33.3 Å². The van der Waals surface area contributed by atoms with Crippen molar-refractivity contribution in [2.24, 2.45) is 5.73 Å². The Morgan fingerprint density at radius 1 is 1.21 bits per heavy atom. The van der Waals surface area contributed by atoms with E-state index in [0.717, 1.165) is 45.6 Å². The van der Waals surface area contributed by atoms with Gasteiger partial charge in [-0.2, -0.15) is 5.10 Å². The summed E-state index contributed by atoms with van der Waals surface area (Å²) >= 11 is 0. The molecule has 0 aliphatic carbocycles. The largest absolute Gasteiger partial charge is 0.366 e. The molecule has 1 amide bonds. The molecule has 3 heterocycles. The highest BCUT2D eigenvalue weighted by Gasteiger charge is 2.12. The zero-order chi connectivity index (χ0) is 16.8. The van der Waals surface area contributed by atoms with Gasteiger partial charge in [-0.3, -0.25) is 9.48 Å². The number of fused-ring (bicyclic) bond motifs is 3. The van der Waals surface area contributed by atoms with Crippen LogP contribution in [0.4, 0.5) is 0 Å². The molecule has 0 radical (unpaired) electrons. The molecule has 6 nitrogen and oxygen atoms in total. The molecule has 6 heteroatoms. The van der Waals surface area contributed by atoms with Gasteiger partial charge < -0.3 is 10.7 Å². The molecule has 0 atom stereocenters. The molecule has 0 aliphatic heterocycles. The molecule has 0 fully saturated rings. The van der Waals surface area contributed by atoms with E-state index in [-0.39, 0.29) is 0 Å². The summed E-state index contributed by atoms with van der Waals surface area (Å²) in [6.07, 6.45) is 0. The SMILES string of the molecule is CCn1nc(C)cc1-c1ccc2c(n1)[nH]c1ccc(C(N)=O)cc12. The molecule has 0 saturated heterocycles. The third kappa shape index (κ3) is 2.15. The molecule has 0 saturated carbocycles. The fraction of sp³-hybridized carbons (Fsp3) is 0.167. The van der Waals surface area contributed by atoms with Gasteiger partial charge in [0.05, 0.1) is 17.1 Å². The number of carbonyl (C=O) groups is 1. The number of amides is 1. The number of benzene rings is 1. The topological polar surface area (TPSA) is 89.6 Å².